The van der Waals surface area contributed by atoms with Crippen LogP contribution in [-0.4, -0.2) is 48.0 Å². The average molecular weight is 323 g/mol. The molecule has 3 rings (SSSR count). The van der Waals surface area contributed by atoms with Gasteiger partial charge in [0.15, 0.2) is 12.9 Å². The fourth-order valence-electron chi connectivity index (χ4n) is 2.43. The Morgan fingerprint density at radius 1 is 1.29 bits per heavy atom. The lowest BCUT2D eigenvalue weighted by atomic mass is 10.00. The van der Waals surface area contributed by atoms with E-state index < -0.39 is 0 Å². The predicted octanol–water partition coefficient (Wildman–Crippen LogP) is 2.51. The Balaban J connectivity index is 1.93. The van der Waals surface area contributed by atoms with Crippen LogP contribution in [0.15, 0.2) is 42.6 Å². The fraction of sp³-hybridized carbons (Fsp3) is 0.167. The third kappa shape index (κ3) is 2.99. The van der Waals surface area contributed by atoms with E-state index in [1.54, 1.807) is 32.4 Å². The number of hydrogen-bond donors (Lipinski definition) is 1. The van der Waals surface area contributed by atoms with Gasteiger partial charge in [0.2, 0.25) is 0 Å². The molecule has 6 heteroatoms. The molecule has 0 aliphatic carbocycles. The molecule has 0 spiro atoms. The summed E-state index contributed by atoms with van der Waals surface area (Å²) in [5.41, 5.74) is 3.19. The minimum Gasteiger partial charge on any atom is -0.483 e. The second-order valence-corrected chi connectivity index (χ2v) is 5.58. The quantitative estimate of drug-likeness (QED) is 0.732. The molecule has 122 valence electrons. The molecule has 1 amide bonds. The van der Waals surface area contributed by atoms with Crippen LogP contribution < -0.4 is 4.74 Å². The van der Waals surface area contributed by atoms with E-state index in [0.29, 0.717) is 11.3 Å². The molecule has 3 aromatic rings. The second kappa shape index (κ2) is 6.54. The third-order valence-electron chi connectivity index (χ3n) is 3.78. The van der Waals surface area contributed by atoms with Crippen molar-refractivity contribution in [2.24, 2.45) is 0 Å². The minimum atomic E-state index is -0.168. The van der Waals surface area contributed by atoms with Crippen LogP contribution in [0.3, 0.4) is 0 Å². The predicted molar refractivity (Wildman–Crippen MR) is 91.1 cm³/mol. The van der Waals surface area contributed by atoms with Gasteiger partial charge in [-0.3, -0.25) is 14.7 Å². The summed E-state index contributed by atoms with van der Waals surface area (Å²) in [5.74, 6) is 0.224. The van der Waals surface area contributed by atoms with Crippen molar-refractivity contribution in [2.75, 3.05) is 20.7 Å². The third-order valence-corrected chi connectivity index (χ3v) is 3.78. The summed E-state index contributed by atoms with van der Waals surface area (Å²) in [5, 5.41) is 7.96. The lowest BCUT2D eigenvalue weighted by Gasteiger charge is -2.13. The zero-order valence-electron chi connectivity index (χ0n) is 13.4. The molecular weight excluding hydrogens is 306 g/mol. The van der Waals surface area contributed by atoms with Crippen LogP contribution in [0.25, 0.3) is 22.0 Å². The topological polar surface area (TPSA) is 75.3 Å². The van der Waals surface area contributed by atoms with Gasteiger partial charge in [0.1, 0.15) is 5.75 Å². The molecule has 0 saturated heterocycles. The van der Waals surface area contributed by atoms with Gasteiger partial charge in [0, 0.05) is 19.5 Å². The smallest absolute Gasteiger partial charge is 0.259 e. The number of likely N-dealkylation sites (N-methyl/N-ethyl adjacent to an activating group) is 1. The molecule has 24 heavy (non-hydrogen) atoms. The Morgan fingerprint density at radius 2 is 2.12 bits per heavy atom. The standard InChI is InChI=1S/C18H17N3O3/c1-21(2)18(23)11-24-17-7-6-12(8-13(17)10-22)14-4-3-5-16-15(14)9-19-20-16/h3-10H,11H2,1-2H3,(H,19,20). The first kappa shape index (κ1) is 15.7. The first-order valence-corrected chi connectivity index (χ1v) is 7.45. The van der Waals surface area contributed by atoms with Crippen LogP contribution in [0.1, 0.15) is 10.4 Å². The van der Waals surface area contributed by atoms with Crippen molar-refractivity contribution in [2.45, 2.75) is 0 Å². The van der Waals surface area contributed by atoms with Gasteiger partial charge >= 0.3 is 0 Å². The summed E-state index contributed by atoms with van der Waals surface area (Å²) in [6.45, 7) is -0.107. The summed E-state index contributed by atoms with van der Waals surface area (Å²) >= 11 is 0. The summed E-state index contributed by atoms with van der Waals surface area (Å²) < 4.78 is 5.47. The fourth-order valence-corrected chi connectivity index (χ4v) is 2.43. The van der Waals surface area contributed by atoms with Crippen LogP contribution in [0.4, 0.5) is 0 Å². The van der Waals surface area contributed by atoms with E-state index >= 15 is 0 Å². The van der Waals surface area contributed by atoms with Crippen molar-refractivity contribution in [3.05, 3.63) is 48.2 Å². The van der Waals surface area contributed by atoms with Crippen molar-refractivity contribution in [1.29, 1.82) is 0 Å². The number of amides is 1. The average Bonchev–Trinajstić information content (AvgIpc) is 3.08. The molecule has 0 unspecified atom stereocenters. The molecule has 1 N–H and O–H groups in total. The van der Waals surface area contributed by atoms with Crippen LogP contribution in [0.5, 0.6) is 5.75 Å². The zero-order valence-corrected chi connectivity index (χ0v) is 13.4. The van der Waals surface area contributed by atoms with E-state index in [1.165, 1.54) is 4.90 Å². The molecule has 0 bridgehead atoms. The van der Waals surface area contributed by atoms with Crippen molar-refractivity contribution < 1.29 is 14.3 Å². The summed E-state index contributed by atoms with van der Waals surface area (Å²) in [4.78, 5) is 24.5. The van der Waals surface area contributed by atoms with Gasteiger partial charge in [-0.15, -0.1) is 0 Å². The van der Waals surface area contributed by atoms with Crippen molar-refractivity contribution >= 4 is 23.1 Å². The van der Waals surface area contributed by atoms with Crippen LogP contribution in [0, 0.1) is 0 Å². The number of nitrogens with zero attached hydrogens (tertiary/aromatic N) is 2. The Labute approximate surface area is 139 Å². The maximum Gasteiger partial charge on any atom is 0.259 e. The molecule has 0 saturated carbocycles. The number of ether oxygens (including phenoxy) is 1. The number of aromatic nitrogens is 2. The van der Waals surface area contributed by atoms with Gasteiger partial charge in [-0.2, -0.15) is 5.10 Å². The summed E-state index contributed by atoms with van der Waals surface area (Å²) in [7, 11) is 3.31. The van der Waals surface area contributed by atoms with E-state index in [-0.39, 0.29) is 12.5 Å². The maximum atomic E-state index is 11.6. The van der Waals surface area contributed by atoms with Crippen molar-refractivity contribution in [1.82, 2.24) is 15.1 Å². The number of aldehydes is 1. The number of rotatable bonds is 5. The van der Waals surface area contributed by atoms with E-state index in [9.17, 15) is 9.59 Å². The van der Waals surface area contributed by atoms with E-state index in [4.69, 9.17) is 4.74 Å². The number of hydrogen-bond acceptors (Lipinski definition) is 4. The summed E-state index contributed by atoms with van der Waals surface area (Å²) in [6.07, 6.45) is 2.49. The molecule has 0 fully saturated rings. The van der Waals surface area contributed by atoms with Gasteiger partial charge in [0.25, 0.3) is 5.91 Å². The molecule has 0 radical (unpaired) electrons. The molecule has 0 aliphatic rings. The van der Waals surface area contributed by atoms with E-state index in [2.05, 4.69) is 10.2 Å². The lowest BCUT2D eigenvalue weighted by Crippen LogP contribution is -2.27. The lowest BCUT2D eigenvalue weighted by molar-refractivity contribution is -0.130. The number of aromatic amines is 1. The van der Waals surface area contributed by atoms with Gasteiger partial charge in [-0.05, 0) is 29.3 Å². The molecule has 0 aliphatic heterocycles. The molecular formula is C18H17N3O3. The molecule has 1 heterocycles. The Kier molecular flexibility index (Phi) is 4.29. The first-order chi connectivity index (χ1) is 11.6. The monoisotopic (exact) mass is 323 g/mol. The number of carbonyl (C=O) groups is 2. The van der Waals surface area contributed by atoms with Crippen molar-refractivity contribution in [3.63, 3.8) is 0 Å². The van der Waals surface area contributed by atoms with Crippen LogP contribution in [0.2, 0.25) is 0 Å². The highest BCUT2D eigenvalue weighted by atomic mass is 16.5. The van der Waals surface area contributed by atoms with E-state index in [1.807, 2.05) is 24.3 Å². The highest BCUT2D eigenvalue weighted by Crippen LogP contribution is 2.30. The summed E-state index contributed by atoms with van der Waals surface area (Å²) in [6, 6.07) is 11.2. The number of carbonyl (C=O) groups excluding carboxylic acids is 2. The van der Waals surface area contributed by atoms with Gasteiger partial charge < -0.3 is 9.64 Å². The Morgan fingerprint density at radius 3 is 2.88 bits per heavy atom. The largest absolute Gasteiger partial charge is 0.483 e. The molecule has 1 aromatic heterocycles. The first-order valence-electron chi connectivity index (χ1n) is 7.45. The van der Waals surface area contributed by atoms with Crippen LogP contribution in [-0.2, 0) is 4.79 Å². The second-order valence-electron chi connectivity index (χ2n) is 5.58. The van der Waals surface area contributed by atoms with Crippen LogP contribution >= 0.6 is 0 Å². The van der Waals surface area contributed by atoms with E-state index in [0.717, 1.165) is 28.3 Å². The number of fused-ring (bicyclic) bond motifs is 1. The normalized spacial score (nSPS) is 10.6. The number of nitrogens with one attached hydrogen (secondary N) is 1. The molecule has 0 atom stereocenters. The van der Waals surface area contributed by atoms with Gasteiger partial charge in [-0.1, -0.05) is 18.2 Å². The van der Waals surface area contributed by atoms with Gasteiger partial charge in [0.05, 0.1) is 17.3 Å². The highest BCUT2D eigenvalue weighted by molar-refractivity contribution is 5.95. The molecule has 2 aromatic carbocycles. The maximum absolute atomic E-state index is 11.6. The molecule has 6 nitrogen and oxygen atoms in total. The SMILES string of the molecule is CN(C)C(=O)COc1ccc(-c2cccc3[nH]ncc23)cc1C=O. The number of H-pyrrole nitrogens is 1. The Hall–Kier alpha value is -3.15. The minimum absolute atomic E-state index is 0.107. The number of benzene rings is 2. The highest BCUT2D eigenvalue weighted by Gasteiger charge is 2.11. The Bertz CT molecular complexity index is 899. The van der Waals surface area contributed by atoms with Gasteiger partial charge in [-0.25, -0.2) is 0 Å². The zero-order chi connectivity index (χ0) is 17.1. The van der Waals surface area contributed by atoms with Crippen molar-refractivity contribution in [3.8, 4) is 16.9 Å².